The summed E-state index contributed by atoms with van der Waals surface area (Å²) in [6.07, 6.45) is 5.61. The molecule has 1 fully saturated rings. The molecule has 5 nitrogen and oxygen atoms in total. The van der Waals surface area contributed by atoms with Gasteiger partial charge in [0.1, 0.15) is 5.75 Å². The van der Waals surface area contributed by atoms with Crippen LogP contribution in [0.2, 0.25) is 5.02 Å². The molecule has 0 radical (unpaired) electrons. The Balaban J connectivity index is 1.57. The number of aromatic amines is 1. The molecule has 1 saturated carbocycles. The lowest BCUT2D eigenvalue weighted by Crippen LogP contribution is -2.48. The second-order valence-electron chi connectivity index (χ2n) is 8.51. The summed E-state index contributed by atoms with van der Waals surface area (Å²) >= 11 is 6.42. The molecular formula is C25H28ClFN2O3. The van der Waals surface area contributed by atoms with Gasteiger partial charge in [0.2, 0.25) is 0 Å². The number of rotatable bonds is 6. The number of halogens is 2. The molecule has 3 aromatic rings. The third kappa shape index (κ3) is 4.09. The molecule has 4 rings (SSSR count). The third-order valence-electron chi connectivity index (χ3n) is 6.82. The molecule has 1 heterocycles. The number of H-pyrrole nitrogens is 1. The van der Waals surface area contributed by atoms with E-state index in [9.17, 15) is 9.18 Å². The van der Waals surface area contributed by atoms with Gasteiger partial charge in [0.25, 0.3) is 5.56 Å². The zero-order valence-electron chi connectivity index (χ0n) is 18.3. The van der Waals surface area contributed by atoms with E-state index < -0.39 is 0 Å². The molecule has 0 aliphatic heterocycles. The van der Waals surface area contributed by atoms with E-state index in [4.69, 9.17) is 26.8 Å². The van der Waals surface area contributed by atoms with Gasteiger partial charge in [-0.2, -0.15) is 0 Å². The SMILES string of the molecule is CC[C@@H](N)C1(c2ccc(F)c(OC)c2)CCC(Oc2cc3cc[nH]c(=O)c3cc2Cl)CC1. The first-order valence-electron chi connectivity index (χ1n) is 10.9. The van der Waals surface area contributed by atoms with Crippen LogP contribution in [0.25, 0.3) is 10.8 Å². The van der Waals surface area contributed by atoms with Gasteiger partial charge in [-0.3, -0.25) is 4.79 Å². The molecule has 32 heavy (non-hydrogen) atoms. The van der Waals surface area contributed by atoms with Crippen LogP contribution in [0.15, 0.2) is 47.4 Å². The van der Waals surface area contributed by atoms with E-state index >= 15 is 0 Å². The normalized spacial score (nSPS) is 22.0. The van der Waals surface area contributed by atoms with Gasteiger partial charge in [-0.05, 0) is 73.4 Å². The number of fused-ring (bicyclic) bond motifs is 1. The highest BCUT2D eigenvalue weighted by Crippen LogP contribution is 2.45. The summed E-state index contributed by atoms with van der Waals surface area (Å²) in [5.41, 5.74) is 7.17. The van der Waals surface area contributed by atoms with E-state index in [-0.39, 0.29) is 34.7 Å². The van der Waals surface area contributed by atoms with E-state index in [2.05, 4.69) is 11.9 Å². The van der Waals surface area contributed by atoms with Gasteiger partial charge in [0.15, 0.2) is 11.6 Å². The number of nitrogens with two attached hydrogens (primary N) is 1. The Morgan fingerprint density at radius 3 is 2.66 bits per heavy atom. The lowest BCUT2D eigenvalue weighted by Gasteiger charge is -2.44. The lowest BCUT2D eigenvalue weighted by atomic mass is 9.64. The van der Waals surface area contributed by atoms with Crippen LogP contribution in [0, 0.1) is 5.82 Å². The van der Waals surface area contributed by atoms with Crippen LogP contribution in [-0.4, -0.2) is 24.2 Å². The summed E-state index contributed by atoms with van der Waals surface area (Å²) in [6, 6.07) is 10.3. The summed E-state index contributed by atoms with van der Waals surface area (Å²) in [7, 11) is 1.47. The lowest BCUT2D eigenvalue weighted by molar-refractivity contribution is 0.103. The van der Waals surface area contributed by atoms with Crippen molar-refractivity contribution in [3.05, 3.63) is 69.4 Å². The van der Waals surface area contributed by atoms with Crippen molar-refractivity contribution in [2.75, 3.05) is 7.11 Å². The van der Waals surface area contributed by atoms with Crippen LogP contribution in [0.3, 0.4) is 0 Å². The second-order valence-corrected chi connectivity index (χ2v) is 8.92. The summed E-state index contributed by atoms with van der Waals surface area (Å²) in [4.78, 5) is 14.7. The summed E-state index contributed by atoms with van der Waals surface area (Å²) in [5, 5.41) is 1.73. The van der Waals surface area contributed by atoms with Crippen molar-refractivity contribution in [3.63, 3.8) is 0 Å². The molecule has 1 aromatic heterocycles. The van der Waals surface area contributed by atoms with Crippen molar-refractivity contribution in [2.24, 2.45) is 5.73 Å². The Bertz CT molecular complexity index is 1170. The van der Waals surface area contributed by atoms with Crippen molar-refractivity contribution in [3.8, 4) is 11.5 Å². The Kier molecular flexibility index (Phi) is 6.45. The molecule has 2 aromatic carbocycles. The fourth-order valence-electron chi connectivity index (χ4n) is 4.92. The monoisotopic (exact) mass is 458 g/mol. The van der Waals surface area contributed by atoms with Crippen LogP contribution in [0.4, 0.5) is 4.39 Å². The summed E-state index contributed by atoms with van der Waals surface area (Å²) in [5.74, 6) is 0.435. The number of ether oxygens (including phenoxy) is 2. The maximum Gasteiger partial charge on any atom is 0.255 e. The van der Waals surface area contributed by atoms with Gasteiger partial charge in [0, 0.05) is 23.0 Å². The standard InChI is InChI=1S/C25H28ClFN2O3/c1-3-23(28)25(16-4-5-20(27)22(13-16)31-2)9-6-17(7-10-25)32-21-12-15-8-11-29-24(30)18(15)14-19(21)26/h4-5,8,11-14,17,23H,3,6-7,9-10,28H2,1-2H3,(H,29,30)/t17?,23-,25?/m1/s1. The molecule has 7 heteroatoms. The fourth-order valence-corrected chi connectivity index (χ4v) is 5.12. The van der Waals surface area contributed by atoms with Gasteiger partial charge in [-0.1, -0.05) is 24.6 Å². The number of methoxy groups -OCH3 is 1. The number of pyridine rings is 1. The number of aromatic nitrogens is 1. The molecule has 0 saturated heterocycles. The highest BCUT2D eigenvalue weighted by atomic mass is 35.5. The van der Waals surface area contributed by atoms with E-state index in [0.717, 1.165) is 43.1 Å². The molecule has 1 aliphatic carbocycles. The van der Waals surface area contributed by atoms with E-state index in [1.807, 2.05) is 18.2 Å². The summed E-state index contributed by atoms with van der Waals surface area (Å²) < 4.78 is 25.5. The first kappa shape index (κ1) is 22.6. The molecule has 0 spiro atoms. The molecule has 3 N–H and O–H groups in total. The van der Waals surface area contributed by atoms with Gasteiger partial charge in [-0.15, -0.1) is 0 Å². The van der Waals surface area contributed by atoms with Crippen LogP contribution < -0.4 is 20.8 Å². The highest BCUT2D eigenvalue weighted by molar-refractivity contribution is 6.32. The first-order valence-corrected chi connectivity index (χ1v) is 11.3. The van der Waals surface area contributed by atoms with Crippen molar-refractivity contribution in [1.29, 1.82) is 0 Å². The molecule has 1 aliphatic rings. The van der Waals surface area contributed by atoms with Gasteiger partial charge < -0.3 is 20.2 Å². The molecule has 1 atom stereocenters. The fraction of sp³-hybridized carbons (Fsp3) is 0.400. The Hall–Kier alpha value is -2.57. The molecule has 0 bridgehead atoms. The number of nitrogens with one attached hydrogen (secondary N) is 1. The molecule has 0 amide bonds. The maximum absolute atomic E-state index is 14.0. The Morgan fingerprint density at radius 2 is 1.97 bits per heavy atom. The predicted molar refractivity (Wildman–Crippen MR) is 125 cm³/mol. The third-order valence-corrected chi connectivity index (χ3v) is 7.12. The first-order chi connectivity index (χ1) is 15.4. The van der Waals surface area contributed by atoms with Gasteiger partial charge in [0.05, 0.1) is 18.2 Å². The quantitative estimate of drug-likeness (QED) is 0.523. The maximum atomic E-state index is 14.0. The van der Waals surface area contributed by atoms with Gasteiger partial charge >= 0.3 is 0 Å². The van der Waals surface area contributed by atoms with Gasteiger partial charge in [-0.25, -0.2) is 4.39 Å². The average Bonchev–Trinajstić information content (AvgIpc) is 2.80. The zero-order chi connectivity index (χ0) is 22.9. The summed E-state index contributed by atoms with van der Waals surface area (Å²) in [6.45, 7) is 2.08. The number of hydrogen-bond donors (Lipinski definition) is 2. The minimum Gasteiger partial charge on any atom is -0.494 e. The Morgan fingerprint density at radius 1 is 1.22 bits per heavy atom. The molecule has 0 unspecified atom stereocenters. The van der Waals surface area contributed by atoms with Crippen molar-refractivity contribution in [1.82, 2.24) is 4.98 Å². The minimum absolute atomic E-state index is 0.0218. The van der Waals surface area contributed by atoms with Crippen molar-refractivity contribution in [2.45, 2.75) is 56.6 Å². The van der Waals surface area contributed by atoms with Crippen molar-refractivity contribution >= 4 is 22.4 Å². The average molecular weight is 459 g/mol. The zero-order valence-corrected chi connectivity index (χ0v) is 19.0. The predicted octanol–water partition coefficient (Wildman–Crippen LogP) is 5.33. The van der Waals surface area contributed by atoms with E-state index in [1.54, 1.807) is 18.3 Å². The van der Waals surface area contributed by atoms with E-state index in [0.29, 0.717) is 16.2 Å². The minimum atomic E-state index is -0.377. The Labute approximate surface area is 191 Å². The van der Waals surface area contributed by atoms with Crippen LogP contribution in [0.1, 0.15) is 44.6 Å². The molecular weight excluding hydrogens is 431 g/mol. The molecule has 170 valence electrons. The van der Waals surface area contributed by atoms with E-state index in [1.165, 1.54) is 13.2 Å². The number of hydrogen-bond acceptors (Lipinski definition) is 4. The van der Waals surface area contributed by atoms with Crippen LogP contribution in [0.5, 0.6) is 11.5 Å². The largest absolute Gasteiger partial charge is 0.494 e. The second kappa shape index (κ2) is 9.12. The highest BCUT2D eigenvalue weighted by Gasteiger charge is 2.42. The topological polar surface area (TPSA) is 77.3 Å². The van der Waals surface area contributed by atoms with Crippen LogP contribution >= 0.6 is 11.6 Å². The smallest absolute Gasteiger partial charge is 0.255 e. The van der Waals surface area contributed by atoms with Crippen LogP contribution in [-0.2, 0) is 5.41 Å². The van der Waals surface area contributed by atoms with Crippen molar-refractivity contribution < 1.29 is 13.9 Å². The number of benzene rings is 2.